The summed E-state index contributed by atoms with van der Waals surface area (Å²) >= 11 is 0. The highest BCUT2D eigenvalue weighted by Crippen LogP contribution is 2.18. The first-order chi connectivity index (χ1) is 10.3. The summed E-state index contributed by atoms with van der Waals surface area (Å²) in [7, 11) is 1.66. The van der Waals surface area contributed by atoms with Crippen molar-refractivity contribution in [2.24, 2.45) is 0 Å². The van der Waals surface area contributed by atoms with Gasteiger partial charge in [0.2, 0.25) is 0 Å². The number of benzene rings is 1. The number of hydrogen-bond donors (Lipinski definition) is 1. The number of hydrogen-bond acceptors (Lipinski definition) is 5. The molecule has 0 aliphatic rings. The lowest BCUT2D eigenvalue weighted by molar-refractivity contribution is 0.303. The first-order valence-corrected chi connectivity index (χ1v) is 7.53. The number of aromatic nitrogens is 2. The zero-order valence-electron chi connectivity index (χ0n) is 13.5. The fourth-order valence-corrected chi connectivity index (χ4v) is 2.26. The molecule has 0 amide bonds. The van der Waals surface area contributed by atoms with Gasteiger partial charge in [0.15, 0.2) is 0 Å². The Labute approximate surface area is 138 Å². The zero-order chi connectivity index (χ0) is 15.1. The molecule has 0 saturated heterocycles. The summed E-state index contributed by atoms with van der Waals surface area (Å²) in [6, 6.07) is 5.73. The van der Waals surface area contributed by atoms with Gasteiger partial charge < -0.3 is 15.0 Å². The summed E-state index contributed by atoms with van der Waals surface area (Å²) in [5.74, 6) is 1.62. The lowest BCUT2D eigenvalue weighted by Gasteiger charge is -2.17. The standard InChI is InChI=1S/C16H24N4O.ClH/c1-4-20(5-2)10-6-9-17-16-12-18-14-8-7-13(21-3)11-15(14)19-16;/h7-8,11-12H,4-6,9-10H2,1-3H3,(H,17,19);1H. The van der Waals surface area contributed by atoms with E-state index in [0.717, 1.165) is 55.2 Å². The molecule has 2 aromatic rings. The fraction of sp³-hybridized carbons (Fsp3) is 0.500. The second-order valence-electron chi connectivity index (χ2n) is 4.92. The number of nitrogens with zero attached hydrogens (tertiary/aromatic N) is 3. The Morgan fingerprint density at radius 2 is 1.95 bits per heavy atom. The average molecular weight is 325 g/mol. The van der Waals surface area contributed by atoms with Crippen molar-refractivity contribution in [3.05, 3.63) is 24.4 Å². The van der Waals surface area contributed by atoms with Crippen molar-refractivity contribution in [1.29, 1.82) is 0 Å². The van der Waals surface area contributed by atoms with Gasteiger partial charge in [-0.15, -0.1) is 12.4 Å². The van der Waals surface area contributed by atoms with Crippen LogP contribution in [-0.2, 0) is 0 Å². The quantitative estimate of drug-likeness (QED) is 0.756. The first kappa shape index (κ1) is 18.5. The molecule has 122 valence electrons. The van der Waals surface area contributed by atoms with E-state index in [4.69, 9.17) is 4.74 Å². The summed E-state index contributed by atoms with van der Waals surface area (Å²) in [4.78, 5) is 11.4. The second-order valence-corrected chi connectivity index (χ2v) is 4.92. The Morgan fingerprint density at radius 3 is 2.64 bits per heavy atom. The number of ether oxygens (including phenoxy) is 1. The summed E-state index contributed by atoms with van der Waals surface area (Å²) in [6.45, 7) is 8.60. The van der Waals surface area contributed by atoms with Crippen LogP contribution in [0.1, 0.15) is 20.3 Å². The molecule has 2 rings (SSSR count). The van der Waals surface area contributed by atoms with Crippen LogP contribution < -0.4 is 10.1 Å². The van der Waals surface area contributed by atoms with Gasteiger partial charge in [0, 0.05) is 12.6 Å². The van der Waals surface area contributed by atoms with Gasteiger partial charge in [-0.05, 0) is 38.2 Å². The SMILES string of the molecule is CCN(CC)CCCNc1cnc2ccc(OC)cc2n1.Cl. The lowest BCUT2D eigenvalue weighted by atomic mass is 10.3. The average Bonchev–Trinajstić information content (AvgIpc) is 2.54. The van der Waals surface area contributed by atoms with Crippen LogP contribution >= 0.6 is 12.4 Å². The third-order valence-corrected chi connectivity index (χ3v) is 3.60. The van der Waals surface area contributed by atoms with E-state index in [9.17, 15) is 0 Å². The van der Waals surface area contributed by atoms with Crippen molar-refractivity contribution in [3.63, 3.8) is 0 Å². The molecule has 0 saturated carbocycles. The van der Waals surface area contributed by atoms with E-state index in [-0.39, 0.29) is 12.4 Å². The maximum Gasteiger partial charge on any atom is 0.145 e. The molecular weight excluding hydrogens is 300 g/mol. The predicted octanol–water partition coefficient (Wildman–Crippen LogP) is 3.20. The summed E-state index contributed by atoms with van der Waals surface area (Å²) < 4.78 is 5.22. The molecule has 0 atom stereocenters. The van der Waals surface area contributed by atoms with Gasteiger partial charge in [-0.25, -0.2) is 4.98 Å². The number of anilines is 1. The number of halogens is 1. The molecular formula is C16H25ClN4O. The maximum absolute atomic E-state index is 5.22. The second kappa shape index (κ2) is 9.43. The van der Waals surface area contributed by atoms with Crippen molar-refractivity contribution in [1.82, 2.24) is 14.9 Å². The van der Waals surface area contributed by atoms with Gasteiger partial charge in [0.05, 0.1) is 24.3 Å². The van der Waals surface area contributed by atoms with Gasteiger partial charge in [-0.2, -0.15) is 0 Å². The molecule has 0 aliphatic carbocycles. The molecule has 1 aromatic carbocycles. The van der Waals surface area contributed by atoms with E-state index in [1.165, 1.54) is 0 Å². The van der Waals surface area contributed by atoms with Gasteiger partial charge in [-0.3, -0.25) is 4.98 Å². The number of rotatable bonds is 8. The summed E-state index contributed by atoms with van der Waals surface area (Å²) in [5, 5.41) is 3.34. The molecule has 0 unspecified atom stereocenters. The predicted molar refractivity (Wildman–Crippen MR) is 94.2 cm³/mol. The molecule has 1 N–H and O–H groups in total. The third kappa shape index (κ3) is 5.00. The smallest absolute Gasteiger partial charge is 0.145 e. The Morgan fingerprint density at radius 1 is 1.18 bits per heavy atom. The number of nitrogens with one attached hydrogen (secondary N) is 1. The van der Waals surface area contributed by atoms with E-state index in [0.29, 0.717) is 0 Å². The van der Waals surface area contributed by atoms with Crippen LogP contribution in [0.5, 0.6) is 5.75 Å². The monoisotopic (exact) mass is 324 g/mol. The zero-order valence-corrected chi connectivity index (χ0v) is 14.3. The molecule has 0 fully saturated rings. The molecule has 0 radical (unpaired) electrons. The molecule has 1 aromatic heterocycles. The van der Waals surface area contributed by atoms with E-state index < -0.39 is 0 Å². The minimum absolute atomic E-state index is 0. The van der Waals surface area contributed by atoms with E-state index in [2.05, 4.69) is 34.0 Å². The third-order valence-electron chi connectivity index (χ3n) is 3.60. The Kier molecular flexibility index (Phi) is 7.91. The van der Waals surface area contributed by atoms with Crippen LogP contribution in [0.2, 0.25) is 0 Å². The summed E-state index contributed by atoms with van der Waals surface area (Å²) in [6.07, 6.45) is 2.88. The van der Waals surface area contributed by atoms with Crippen LogP contribution in [0, 0.1) is 0 Å². The lowest BCUT2D eigenvalue weighted by Crippen LogP contribution is -2.25. The Balaban J connectivity index is 0.00000242. The minimum atomic E-state index is 0. The van der Waals surface area contributed by atoms with Crippen LogP contribution in [0.4, 0.5) is 5.82 Å². The van der Waals surface area contributed by atoms with Crippen molar-refractivity contribution in [2.75, 3.05) is 38.6 Å². The molecule has 22 heavy (non-hydrogen) atoms. The van der Waals surface area contributed by atoms with Crippen molar-refractivity contribution in [3.8, 4) is 5.75 Å². The van der Waals surface area contributed by atoms with Crippen LogP contribution in [-0.4, -0.2) is 48.2 Å². The fourth-order valence-electron chi connectivity index (χ4n) is 2.26. The molecule has 0 aliphatic heterocycles. The molecule has 5 nitrogen and oxygen atoms in total. The van der Waals surface area contributed by atoms with E-state index >= 15 is 0 Å². The van der Waals surface area contributed by atoms with Crippen molar-refractivity contribution in [2.45, 2.75) is 20.3 Å². The molecule has 6 heteroatoms. The van der Waals surface area contributed by atoms with Crippen molar-refractivity contribution >= 4 is 29.3 Å². The van der Waals surface area contributed by atoms with Crippen LogP contribution in [0.3, 0.4) is 0 Å². The highest BCUT2D eigenvalue weighted by atomic mass is 35.5. The number of fused-ring (bicyclic) bond motifs is 1. The van der Waals surface area contributed by atoms with Crippen LogP contribution in [0.15, 0.2) is 24.4 Å². The topological polar surface area (TPSA) is 50.3 Å². The Hall–Kier alpha value is -1.59. The minimum Gasteiger partial charge on any atom is -0.497 e. The van der Waals surface area contributed by atoms with E-state index in [1.807, 2.05) is 18.2 Å². The number of methoxy groups -OCH3 is 1. The van der Waals surface area contributed by atoms with Gasteiger partial charge in [0.1, 0.15) is 11.6 Å². The van der Waals surface area contributed by atoms with Crippen LogP contribution in [0.25, 0.3) is 11.0 Å². The Bertz CT molecular complexity index is 575. The molecule has 1 heterocycles. The normalized spacial score (nSPS) is 10.5. The van der Waals surface area contributed by atoms with E-state index in [1.54, 1.807) is 13.3 Å². The highest BCUT2D eigenvalue weighted by molar-refractivity contribution is 5.85. The largest absolute Gasteiger partial charge is 0.497 e. The van der Waals surface area contributed by atoms with Gasteiger partial charge in [0.25, 0.3) is 0 Å². The summed E-state index contributed by atoms with van der Waals surface area (Å²) in [5.41, 5.74) is 1.73. The van der Waals surface area contributed by atoms with Gasteiger partial charge in [-0.1, -0.05) is 13.8 Å². The first-order valence-electron chi connectivity index (χ1n) is 7.53. The molecule has 0 spiro atoms. The molecule has 0 bridgehead atoms. The van der Waals surface area contributed by atoms with Crippen molar-refractivity contribution < 1.29 is 4.74 Å². The van der Waals surface area contributed by atoms with Gasteiger partial charge >= 0.3 is 0 Å². The highest BCUT2D eigenvalue weighted by Gasteiger charge is 2.02. The maximum atomic E-state index is 5.22.